The van der Waals surface area contributed by atoms with Crippen LogP contribution < -0.4 is 15.8 Å². The smallest absolute Gasteiger partial charge is 0.253 e. The Labute approximate surface area is 179 Å². The minimum Gasteiger partial charge on any atom is -0.353 e. The number of anilines is 3. The lowest BCUT2D eigenvalue weighted by Gasteiger charge is -2.35. The molecule has 1 saturated heterocycles. The number of carbonyl (C=O) groups is 1. The summed E-state index contributed by atoms with van der Waals surface area (Å²) in [5, 5.41) is 3.20. The predicted octanol–water partition coefficient (Wildman–Crippen LogP) is 1.14. The van der Waals surface area contributed by atoms with Crippen molar-refractivity contribution < 1.29 is 4.79 Å². The maximum absolute atomic E-state index is 12.6. The fourth-order valence-electron chi connectivity index (χ4n) is 3.39. The van der Waals surface area contributed by atoms with E-state index in [4.69, 9.17) is 0 Å². The molecule has 10 nitrogen and oxygen atoms in total. The van der Waals surface area contributed by atoms with Gasteiger partial charge in [-0.3, -0.25) is 14.2 Å². The summed E-state index contributed by atoms with van der Waals surface area (Å²) in [5.74, 6) is 2.08. The SMILES string of the molecule is Cc1ccnc(Nc2cc(N3CCN(C(=O)Cn4cnc(C)cc4=O)CC3)ncn2)c1. The summed E-state index contributed by atoms with van der Waals surface area (Å²) in [7, 11) is 0. The van der Waals surface area contributed by atoms with Crippen molar-refractivity contribution >= 4 is 23.4 Å². The molecule has 0 atom stereocenters. The minimum atomic E-state index is -0.219. The molecule has 1 aliphatic heterocycles. The molecule has 0 spiro atoms. The van der Waals surface area contributed by atoms with Crippen LogP contribution in [0.15, 0.2) is 47.9 Å². The Morgan fingerprint density at radius 3 is 2.52 bits per heavy atom. The van der Waals surface area contributed by atoms with Gasteiger partial charge in [0.15, 0.2) is 0 Å². The predicted molar refractivity (Wildman–Crippen MR) is 116 cm³/mol. The van der Waals surface area contributed by atoms with Crippen molar-refractivity contribution in [3.05, 3.63) is 64.7 Å². The topological polar surface area (TPSA) is 109 Å². The van der Waals surface area contributed by atoms with Crippen molar-refractivity contribution in [3.8, 4) is 0 Å². The van der Waals surface area contributed by atoms with Gasteiger partial charge in [-0.05, 0) is 31.5 Å². The van der Waals surface area contributed by atoms with E-state index in [1.54, 1.807) is 18.0 Å². The van der Waals surface area contributed by atoms with Gasteiger partial charge in [0.05, 0.1) is 6.33 Å². The normalized spacial score (nSPS) is 13.9. The van der Waals surface area contributed by atoms with Gasteiger partial charge in [0.2, 0.25) is 5.91 Å². The molecule has 1 N–H and O–H groups in total. The molecule has 3 aromatic heterocycles. The molecular weight excluding hydrogens is 396 g/mol. The molecule has 0 saturated carbocycles. The Kier molecular flexibility index (Phi) is 5.87. The average Bonchev–Trinajstić information content (AvgIpc) is 2.76. The van der Waals surface area contributed by atoms with Crippen molar-refractivity contribution in [1.82, 2.24) is 29.4 Å². The Morgan fingerprint density at radius 1 is 1.00 bits per heavy atom. The largest absolute Gasteiger partial charge is 0.353 e. The summed E-state index contributed by atoms with van der Waals surface area (Å²) in [6.45, 7) is 6.15. The zero-order valence-corrected chi connectivity index (χ0v) is 17.5. The monoisotopic (exact) mass is 420 g/mol. The number of hydrogen-bond acceptors (Lipinski definition) is 8. The highest BCUT2D eigenvalue weighted by Gasteiger charge is 2.22. The van der Waals surface area contributed by atoms with Crippen LogP contribution in [0, 0.1) is 13.8 Å². The number of hydrogen-bond donors (Lipinski definition) is 1. The van der Waals surface area contributed by atoms with E-state index in [0.29, 0.717) is 37.7 Å². The lowest BCUT2D eigenvalue weighted by molar-refractivity contribution is -0.132. The standard InChI is InChI=1S/C21H24N8O2/c1-15-3-4-22-17(9-15)26-18-11-19(24-13-23-18)27-5-7-28(8-6-27)21(31)12-29-14-25-16(2)10-20(29)30/h3-4,9-11,13-14H,5-8,12H2,1-2H3,(H,22,23,24,26). The molecule has 1 aliphatic rings. The summed E-state index contributed by atoms with van der Waals surface area (Å²) >= 11 is 0. The van der Waals surface area contributed by atoms with Crippen molar-refractivity contribution in [2.45, 2.75) is 20.4 Å². The highest BCUT2D eigenvalue weighted by atomic mass is 16.2. The minimum absolute atomic E-state index is 0.00280. The Bertz CT molecular complexity index is 1140. The fourth-order valence-corrected chi connectivity index (χ4v) is 3.39. The lowest BCUT2D eigenvalue weighted by Crippen LogP contribution is -2.50. The van der Waals surface area contributed by atoms with Crippen molar-refractivity contribution in [1.29, 1.82) is 0 Å². The second-order valence-electron chi connectivity index (χ2n) is 7.47. The third kappa shape index (κ3) is 5.03. The van der Waals surface area contributed by atoms with E-state index in [-0.39, 0.29) is 18.0 Å². The molecule has 160 valence electrons. The summed E-state index contributed by atoms with van der Waals surface area (Å²) in [5.41, 5.74) is 1.53. The Hall–Kier alpha value is -3.82. The van der Waals surface area contributed by atoms with E-state index in [0.717, 1.165) is 17.2 Å². The van der Waals surface area contributed by atoms with Gasteiger partial charge in [-0.1, -0.05) is 0 Å². The number of amides is 1. The molecule has 0 bridgehead atoms. The molecule has 0 aliphatic carbocycles. The van der Waals surface area contributed by atoms with Crippen LogP contribution in [0.3, 0.4) is 0 Å². The number of carbonyl (C=O) groups excluding carboxylic acids is 1. The molecule has 0 radical (unpaired) electrons. The van der Waals surface area contributed by atoms with Gasteiger partial charge >= 0.3 is 0 Å². The van der Waals surface area contributed by atoms with Crippen LogP contribution in [0.2, 0.25) is 0 Å². The Morgan fingerprint density at radius 2 is 1.77 bits per heavy atom. The molecule has 31 heavy (non-hydrogen) atoms. The van der Waals surface area contributed by atoms with Crippen molar-refractivity contribution in [2.75, 3.05) is 36.4 Å². The van der Waals surface area contributed by atoms with Crippen LogP contribution >= 0.6 is 0 Å². The van der Waals surface area contributed by atoms with Gasteiger partial charge in [-0.15, -0.1) is 0 Å². The van der Waals surface area contributed by atoms with E-state index in [1.807, 2.05) is 25.1 Å². The molecule has 1 fully saturated rings. The van der Waals surface area contributed by atoms with E-state index < -0.39 is 0 Å². The zero-order valence-electron chi connectivity index (χ0n) is 17.5. The number of aromatic nitrogens is 5. The molecule has 4 heterocycles. The first-order chi connectivity index (χ1) is 15.0. The van der Waals surface area contributed by atoms with Gasteiger partial charge < -0.3 is 15.1 Å². The van der Waals surface area contributed by atoms with Gasteiger partial charge in [0.1, 0.15) is 30.3 Å². The third-order valence-electron chi connectivity index (χ3n) is 5.10. The maximum atomic E-state index is 12.6. The molecular formula is C21H24N8O2. The van der Waals surface area contributed by atoms with Gasteiger partial charge in [-0.2, -0.15) is 0 Å². The van der Waals surface area contributed by atoms with Crippen LogP contribution in [0.25, 0.3) is 0 Å². The summed E-state index contributed by atoms with van der Waals surface area (Å²) in [4.78, 5) is 45.5. The van der Waals surface area contributed by atoms with Crippen LogP contribution in [0.4, 0.5) is 17.5 Å². The number of nitrogens with zero attached hydrogens (tertiary/aromatic N) is 7. The van der Waals surface area contributed by atoms with E-state index in [2.05, 4.69) is 30.2 Å². The van der Waals surface area contributed by atoms with Crippen LogP contribution in [-0.2, 0) is 11.3 Å². The molecule has 3 aromatic rings. The Balaban J connectivity index is 1.36. The molecule has 4 rings (SSSR count). The first-order valence-corrected chi connectivity index (χ1v) is 10.1. The lowest BCUT2D eigenvalue weighted by atomic mass is 10.3. The van der Waals surface area contributed by atoms with Crippen molar-refractivity contribution in [3.63, 3.8) is 0 Å². The van der Waals surface area contributed by atoms with Gasteiger partial charge in [0.25, 0.3) is 5.56 Å². The second-order valence-corrected chi connectivity index (χ2v) is 7.47. The number of pyridine rings is 1. The summed E-state index contributed by atoms with van der Waals surface area (Å²) in [6.07, 6.45) is 4.68. The van der Waals surface area contributed by atoms with Crippen LogP contribution in [0.1, 0.15) is 11.3 Å². The molecule has 0 aromatic carbocycles. The molecule has 10 heteroatoms. The zero-order chi connectivity index (χ0) is 21.8. The van der Waals surface area contributed by atoms with E-state index in [1.165, 1.54) is 23.3 Å². The van der Waals surface area contributed by atoms with Crippen LogP contribution in [-0.4, -0.2) is 61.5 Å². The second kappa shape index (κ2) is 8.90. The highest BCUT2D eigenvalue weighted by molar-refractivity contribution is 5.76. The number of aryl methyl sites for hydroxylation is 2. The maximum Gasteiger partial charge on any atom is 0.253 e. The first-order valence-electron chi connectivity index (χ1n) is 10.1. The first kappa shape index (κ1) is 20.5. The molecule has 0 unspecified atom stereocenters. The summed E-state index contributed by atoms with van der Waals surface area (Å²) < 4.78 is 1.34. The van der Waals surface area contributed by atoms with Gasteiger partial charge in [-0.25, -0.2) is 19.9 Å². The number of rotatable bonds is 5. The number of nitrogens with one attached hydrogen (secondary N) is 1. The van der Waals surface area contributed by atoms with Crippen molar-refractivity contribution in [2.24, 2.45) is 0 Å². The van der Waals surface area contributed by atoms with E-state index in [9.17, 15) is 9.59 Å². The van der Waals surface area contributed by atoms with Crippen LogP contribution in [0.5, 0.6) is 0 Å². The average molecular weight is 420 g/mol. The fraction of sp³-hybridized carbons (Fsp3) is 0.333. The number of piperazine rings is 1. The van der Waals surface area contributed by atoms with Gasteiger partial charge in [0, 0.05) is 50.2 Å². The van der Waals surface area contributed by atoms with E-state index >= 15 is 0 Å². The summed E-state index contributed by atoms with van der Waals surface area (Å²) in [6, 6.07) is 7.18. The third-order valence-corrected chi connectivity index (χ3v) is 5.10. The quantitative estimate of drug-likeness (QED) is 0.654. The highest BCUT2D eigenvalue weighted by Crippen LogP contribution is 2.19. The molecule has 1 amide bonds.